The number of H-pyrrole nitrogens is 1. The molecule has 14 rings (SSSR count). The molecule has 0 aliphatic heterocycles. The average molecular weight is 952 g/mol. The summed E-state index contributed by atoms with van der Waals surface area (Å²) in [6, 6.07) is 88.4. The third-order valence-electron chi connectivity index (χ3n) is 12.6. The molecule has 1 N–H and O–H groups in total. The van der Waals surface area contributed by atoms with Gasteiger partial charge in [0.25, 0.3) is 0 Å². The van der Waals surface area contributed by atoms with Gasteiger partial charge in [0.1, 0.15) is 11.6 Å². The number of hydrogen-bond donors (Lipinski definition) is 1. The van der Waals surface area contributed by atoms with Gasteiger partial charge in [-0.2, -0.15) is 0 Å². The van der Waals surface area contributed by atoms with Gasteiger partial charge >= 0.3 is 0 Å². The van der Waals surface area contributed by atoms with Gasteiger partial charge in [-0.25, -0.2) is 9.97 Å². The highest BCUT2D eigenvalue weighted by atomic mass is 79.9. The fourth-order valence-electron chi connectivity index (χ4n) is 9.51. The van der Waals surface area contributed by atoms with E-state index in [4.69, 9.17) is 4.98 Å². The molecular weight excluding hydrogens is 909 g/mol. The summed E-state index contributed by atoms with van der Waals surface area (Å²) in [5, 5.41) is 5.04. The molecule has 0 unspecified atom stereocenters. The number of rotatable bonds is 5. The van der Waals surface area contributed by atoms with Gasteiger partial charge in [0.15, 0.2) is 0 Å². The van der Waals surface area contributed by atoms with Gasteiger partial charge < -0.3 is 14.1 Å². The highest BCUT2D eigenvalue weighted by molar-refractivity contribution is 9.10. The number of fused-ring (bicyclic) bond motifs is 8. The van der Waals surface area contributed by atoms with E-state index >= 15 is 0 Å². The summed E-state index contributed by atoms with van der Waals surface area (Å²) in [5.41, 5.74) is 14.8. The number of para-hydroxylation sites is 8. The van der Waals surface area contributed by atoms with Crippen molar-refractivity contribution in [1.29, 1.82) is 0 Å². The van der Waals surface area contributed by atoms with Gasteiger partial charge in [0.05, 0.1) is 44.1 Å². The second kappa shape index (κ2) is 18.1. The van der Waals surface area contributed by atoms with E-state index in [1.807, 2.05) is 60.7 Å². The van der Waals surface area contributed by atoms with E-state index in [-0.39, 0.29) is 0 Å². The van der Waals surface area contributed by atoms with Crippen molar-refractivity contribution in [2.45, 2.75) is 0 Å². The zero-order chi connectivity index (χ0) is 46.1. The van der Waals surface area contributed by atoms with E-state index in [1.165, 1.54) is 55.0 Å². The van der Waals surface area contributed by atoms with Crippen LogP contribution in [0.25, 0.3) is 106 Å². The van der Waals surface area contributed by atoms with Crippen molar-refractivity contribution in [1.82, 2.24) is 28.7 Å². The standard InChI is InChI=1S/C31H21N3.C18H12BrN.C13H10N2/c1-3-11-22(12-4-1)31-32-27-16-8-10-18-30(27)34(31)24-19-20-29-26(21-24)25-15-7-9-17-28(25)33(29)23-13-5-2-6-14-23;19-13-10-11-18-16(12-13)15-8-4-5-9-17(15)20(18)14-6-2-1-3-7-14;1-2-6-10(7-3-1)13-14-11-8-4-5-9-12(11)15-13/h1-21H;1-12H;1-9H,(H,14,15). The molecule has 0 fully saturated rings. The summed E-state index contributed by atoms with van der Waals surface area (Å²) < 4.78 is 8.05. The molecule has 6 nitrogen and oxygen atoms in total. The van der Waals surface area contributed by atoms with Crippen LogP contribution in [0.3, 0.4) is 0 Å². The minimum atomic E-state index is 0.928. The third-order valence-corrected chi connectivity index (χ3v) is 13.1. The Balaban J connectivity index is 0.000000119. The minimum Gasteiger partial charge on any atom is -0.338 e. The first kappa shape index (κ1) is 41.6. The van der Waals surface area contributed by atoms with Crippen LogP contribution in [-0.2, 0) is 0 Å². The quantitative estimate of drug-likeness (QED) is 0.187. The Hall–Kier alpha value is -8.78. The normalized spacial score (nSPS) is 11.3. The Labute approximate surface area is 407 Å². The van der Waals surface area contributed by atoms with E-state index in [0.29, 0.717) is 0 Å². The van der Waals surface area contributed by atoms with Crippen LogP contribution in [0.15, 0.2) is 259 Å². The monoisotopic (exact) mass is 950 g/mol. The zero-order valence-corrected chi connectivity index (χ0v) is 38.9. The minimum absolute atomic E-state index is 0.928. The molecule has 0 spiro atoms. The summed E-state index contributed by atoms with van der Waals surface area (Å²) in [6.07, 6.45) is 0. The maximum Gasteiger partial charge on any atom is 0.145 e. The Kier molecular flexibility index (Phi) is 10.9. The van der Waals surface area contributed by atoms with Gasteiger partial charge in [-0.05, 0) is 97.1 Å². The fourth-order valence-corrected chi connectivity index (χ4v) is 9.87. The van der Waals surface area contributed by atoms with Crippen molar-refractivity contribution in [3.63, 3.8) is 0 Å². The average Bonchev–Trinajstić information content (AvgIpc) is 4.20. The highest BCUT2D eigenvalue weighted by Gasteiger charge is 2.18. The van der Waals surface area contributed by atoms with Gasteiger partial charge in [0, 0.05) is 54.2 Å². The van der Waals surface area contributed by atoms with E-state index < -0.39 is 0 Å². The van der Waals surface area contributed by atoms with E-state index in [0.717, 1.165) is 55.0 Å². The molecule has 0 radical (unpaired) electrons. The summed E-state index contributed by atoms with van der Waals surface area (Å²) in [6.45, 7) is 0. The number of nitrogens with one attached hydrogen (secondary N) is 1. The van der Waals surface area contributed by atoms with Gasteiger partial charge in [-0.3, -0.25) is 4.57 Å². The van der Waals surface area contributed by atoms with Crippen LogP contribution in [0.1, 0.15) is 0 Å². The van der Waals surface area contributed by atoms with Gasteiger partial charge in [-0.15, -0.1) is 0 Å². The van der Waals surface area contributed by atoms with Crippen molar-refractivity contribution in [2.24, 2.45) is 0 Å². The number of halogens is 1. The molecule has 328 valence electrons. The molecular formula is C62H43BrN6. The predicted octanol–water partition coefficient (Wildman–Crippen LogP) is 16.6. The largest absolute Gasteiger partial charge is 0.338 e. The lowest BCUT2D eigenvalue weighted by Crippen LogP contribution is -1.98. The van der Waals surface area contributed by atoms with Crippen LogP contribution in [0.2, 0.25) is 0 Å². The molecule has 69 heavy (non-hydrogen) atoms. The van der Waals surface area contributed by atoms with Crippen LogP contribution in [0.4, 0.5) is 0 Å². The van der Waals surface area contributed by atoms with Crippen LogP contribution >= 0.6 is 15.9 Å². The van der Waals surface area contributed by atoms with Gasteiger partial charge in [0.2, 0.25) is 0 Å². The second-order valence-corrected chi connectivity index (χ2v) is 17.7. The Morgan fingerprint density at radius 2 is 0.783 bits per heavy atom. The molecule has 14 aromatic rings. The smallest absolute Gasteiger partial charge is 0.145 e. The maximum atomic E-state index is 5.01. The third kappa shape index (κ3) is 7.84. The molecule has 10 aromatic carbocycles. The number of hydrogen-bond acceptors (Lipinski definition) is 2. The number of aromatic amines is 1. The first-order valence-corrected chi connectivity index (χ1v) is 23.8. The van der Waals surface area contributed by atoms with Crippen LogP contribution in [0.5, 0.6) is 0 Å². The number of imidazole rings is 2. The fraction of sp³-hybridized carbons (Fsp3) is 0. The lowest BCUT2D eigenvalue weighted by atomic mass is 10.1. The molecule has 0 atom stereocenters. The molecule has 7 heteroatoms. The first-order valence-electron chi connectivity index (χ1n) is 23.0. The molecule has 0 aliphatic rings. The predicted molar refractivity (Wildman–Crippen MR) is 291 cm³/mol. The lowest BCUT2D eigenvalue weighted by molar-refractivity contribution is 1.10. The lowest BCUT2D eigenvalue weighted by Gasteiger charge is -2.11. The SMILES string of the molecule is Brc1ccc2c(c1)c1ccccc1n2-c1ccccc1.c1ccc(-c2nc3ccccc3[nH]2)cc1.c1ccc(-c2nc3ccccc3n2-c2ccc3c(c2)c2ccccc2n3-c2ccccc2)cc1. The molecule has 0 bridgehead atoms. The Bertz CT molecular complexity index is 4040. The summed E-state index contributed by atoms with van der Waals surface area (Å²) >= 11 is 3.57. The summed E-state index contributed by atoms with van der Waals surface area (Å²) in [7, 11) is 0. The highest BCUT2D eigenvalue weighted by Crippen LogP contribution is 2.37. The van der Waals surface area contributed by atoms with Crippen molar-refractivity contribution in [2.75, 3.05) is 0 Å². The molecule has 0 aliphatic carbocycles. The summed E-state index contributed by atoms with van der Waals surface area (Å²) in [4.78, 5) is 12.8. The summed E-state index contributed by atoms with van der Waals surface area (Å²) in [5.74, 6) is 1.88. The number of aromatic nitrogens is 6. The maximum absolute atomic E-state index is 5.01. The van der Waals surface area contributed by atoms with Crippen molar-refractivity contribution in [3.05, 3.63) is 259 Å². The second-order valence-electron chi connectivity index (χ2n) is 16.8. The van der Waals surface area contributed by atoms with E-state index in [1.54, 1.807) is 0 Å². The number of benzene rings is 10. The van der Waals surface area contributed by atoms with Crippen LogP contribution in [-0.4, -0.2) is 28.7 Å². The molecule has 4 aromatic heterocycles. The molecule has 0 saturated heterocycles. The van der Waals surface area contributed by atoms with Crippen molar-refractivity contribution < 1.29 is 0 Å². The van der Waals surface area contributed by atoms with Crippen molar-refractivity contribution >= 4 is 81.6 Å². The molecule has 0 saturated carbocycles. The Morgan fingerprint density at radius 1 is 0.319 bits per heavy atom. The molecule has 4 heterocycles. The van der Waals surface area contributed by atoms with E-state index in [2.05, 4.69) is 234 Å². The van der Waals surface area contributed by atoms with Crippen LogP contribution < -0.4 is 0 Å². The van der Waals surface area contributed by atoms with E-state index in [9.17, 15) is 0 Å². The first-order chi connectivity index (χ1) is 34.2. The molecule has 0 amide bonds. The number of nitrogens with zero attached hydrogens (tertiary/aromatic N) is 5. The van der Waals surface area contributed by atoms with Crippen molar-refractivity contribution in [3.8, 4) is 39.8 Å². The Morgan fingerprint density at radius 3 is 1.39 bits per heavy atom. The van der Waals surface area contributed by atoms with Crippen LogP contribution in [0, 0.1) is 0 Å². The topological polar surface area (TPSA) is 56.4 Å². The van der Waals surface area contributed by atoms with Gasteiger partial charge in [-0.1, -0.05) is 174 Å². The zero-order valence-electron chi connectivity index (χ0n) is 37.4.